The lowest BCUT2D eigenvalue weighted by molar-refractivity contribution is -0.140. The molecule has 0 fully saturated rings. The lowest BCUT2D eigenvalue weighted by atomic mass is 9.75. The van der Waals surface area contributed by atoms with Crippen molar-refractivity contribution in [3.8, 4) is 11.5 Å². The minimum atomic E-state index is -1.59. The van der Waals surface area contributed by atoms with Crippen LogP contribution in [0.3, 0.4) is 0 Å². The van der Waals surface area contributed by atoms with Gasteiger partial charge in [0.2, 0.25) is 0 Å². The highest BCUT2D eigenvalue weighted by Crippen LogP contribution is 2.50. The number of ether oxygens (including phenoxy) is 2. The topological polar surface area (TPSA) is 86.2 Å². The van der Waals surface area contributed by atoms with E-state index < -0.39 is 17.4 Å². The second kappa shape index (κ2) is 7.24. The molecule has 0 radical (unpaired) electrons. The lowest BCUT2D eigenvalue weighted by Crippen LogP contribution is -2.46. The number of nitrogens with one attached hydrogen (secondary N) is 1. The summed E-state index contributed by atoms with van der Waals surface area (Å²) < 4.78 is 10.8. The van der Waals surface area contributed by atoms with Gasteiger partial charge in [0.25, 0.3) is 11.5 Å². The average Bonchev–Trinajstić information content (AvgIpc) is 3.53. The van der Waals surface area contributed by atoms with Crippen molar-refractivity contribution in [2.24, 2.45) is 11.1 Å². The molecule has 0 saturated carbocycles. The normalized spacial score (nSPS) is 21.3. The maximum Gasteiger partial charge on any atom is 0.277 e. The highest BCUT2D eigenvalue weighted by Gasteiger charge is 2.63. The quantitative estimate of drug-likeness (QED) is 0.617. The molecule has 0 bridgehead atoms. The molecule has 8 heteroatoms. The lowest BCUT2D eigenvalue weighted by Gasteiger charge is -2.26. The predicted molar refractivity (Wildman–Crippen MR) is 116 cm³/mol. The Balaban J connectivity index is 1.71. The number of rotatable bonds is 5. The Morgan fingerprint density at radius 1 is 1.13 bits per heavy atom. The summed E-state index contributed by atoms with van der Waals surface area (Å²) in [6.07, 6.45) is 0. The van der Waals surface area contributed by atoms with Gasteiger partial charge in [-0.15, -0.1) is 11.3 Å². The summed E-state index contributed by atoms with van der Waals surface area (Å²) >= 11 is 1.31. The number of nitrogens with zero attached hydrogens (tertiary/aromatic N) is 1. The Bertz CT molecular complexity index is 1220. The van der Waals surface area contributed by atoms with Gasteiger partial charge in [-0.25, -0.2) is 0 Å². The van der Waals surface area contributed by atoms with Crippen LogP contribution >= 0.6 is 11.3 Å². The third kappa shape index (κ3) is 2.75. The highest BCUT2D eigenvalue weighted by molar-refractivity contribution is 7.12. The molecule has 7 nitrogen and oxygen atoms in total. The van der Waals surface area contributed by atoms with Crippen molar-refractivity contribution in [3.05, 3.63) is 76.0 Å². The minimum absolute atomic E-state index is 0.240. The molecular formula is C23H18N2O5S. The van der Waals surface area contributed by atoms with E-state index in [-0.39, 0.29) is 5.78 Å². The smallest absolute Gasteiger partial charge is 0.277 e. The van der Waals surface area contributed by atoms with Crippen LogP contribution < -0.4 is 14.8 Å². The molecule has 3 heterocycles. The van der Waals surface area contributed by atoms with Crippen LogP contribution in [0, 0.1) is 5.92 Å². The summed E-state index contributed by atoms with van der Waals surface area (Å²) in [5.41, 5.74) is 0.505. The van der Waals surface area contributed by atoms with E-state index in [1.165, 1.54) is 18.4 Å². The van der Waals surface area contributed by atoms with Crippen LogP contribution in [-0.4, -0.2) is 31.6 Å². The number of benzene rings is 2. The molecule has 1 spiro atoms. The van der Waals surface area contributed by atoms with Gasteiger partial charge in [-0.3, -0.25) is 9.59 Å². The van der Waals surface area contributed by atoms with E-state index in [0.717, 1.165) is 0 Å². The van der Waals surface area contributed by atoms with Crippen LogP contribution in [0.2, 0.25) is 0 Å². The van der Waals surface area contributed by atoms with E-state index in [2.05, 4.69) is 10.5 Å². The second-order valence-corrected chi connectivity index (χ2v) is 8.09. The van der Waals surface area contributed by atoms with Gasteiger partial charge in [0.15, 0.2) is 5.78 Å². The third-order valence-corrected chi connectivity index (χ3v) is 6.48. The maximum atomic E-state index is 13.7. The van der Waals surface area contributed by atoms with Gasteiger partial charge in [-0.1, -0.05) is 29.4 Å². The number of thiophene rings is 1. The fourth-order valence-corrected chi connectivity index (χ4v) is 4.83. The zero-order valence-electron chi connectivity index (χ0n) is 16.7. The number of hydrogen-bond donors (Lipinski definition) is 1. The predicted octanol–water partition coefficient (Wildman–Crippen LogP) is 3.85. The summed E-state index contributed by atoms with van der Waals surface area (Å²) in [7, 11) is 3.08. The fourth-order valence-electron chi connectivity index (χ4n) is 4.13. The number of ketones is 1. The Morgan fingerprint density at radius 2 is 1.97 bits per heavy atom. The van der Waals surface area contributed by atoms with Gasteiger partial charge < -0.3 is 19.6 Å². The molecule has 2 aromatic carbocycles. The first kappa shape index (κ1) is 19.3. The molecule has 31 heavy (non-hydrogen) atoms. The molecule has 3 aromatic rings. The molecule has 1 aromatic heterocycles. The van der Waals surface area contributed by atoms with Crippen molar-refractivity contribution in [2.45, 2.75) is 5.60 Å². The highest BCUT2D eigenvalue weighted by atomic mass is 32.1. The summed E-state index contributed by atoms with van der Waals surface area (Å²) in [5.74, 6) is -0.586. The summed E-state index contributed by atoms with van der Waals surface area (Å²) in [5, 5.41) is 8.95. The van der Waals surface area contributed by atoms with E-state index in [1.807, 2.05) is 17.5 Å². The van der Waals surface area contributed by atoms with Crippen LogP contribution in [0.4, 0.5) is 5.69 Å². The molecule has 2 atom stereocenters. The molecule has 0 unspecified atom stereocenters. The molecule has 2 aliphatic rings. The van der Waals surface area contributed by atoms with Crippen LogP contribution in [-0.2, 0) is 15.2 Å². The number of amides is 1. The van der Waals surface area contributed by atoms with Gasteiger partial charge in [0, 0.05) is 22.9 Å². The van der Waals surface area contributed by atoms with E-state index in [1.54, 1.807) is 49.6 Å². The van der Waals surface area contributed by atoms with Crippen LogP contribution in [0.15, 0.2) is 65.1 Å². The number of Topliss-reactive ketones (excluding diaryl/α,β-unsaturated/α-hetero) is 1. The van der Waals surface area contributed by atoms with Crippen molar-refractivity contribution in [1.82, 2.24) is 0 Å². The van der Waals surface area contributed by atoms with Gasteiger partial charge in [0.1, 0.15) is 23.1 Å². The van der Waals surface area contributed by atoms with Gasteiger partial charge >= 0.3 is 0 Å². The summed E-state index contributed by atoms with van der Waals surface area (Å²) in [6.45, 7) is 0. The zero-order chi connectivity index (χ0) is 21.6. The second-order valence-electron chi connectivity index (χ2n) is 7.14. The van der Waals surface area contributed by atoms with Crippen molar-refractivity contribution in [2.75, 3.05) is 19.5 Å². The standard InChI is InChI=1S/C23H18N2O5S/c1-28-13-9-10-14(17(12-13)29-2)20-19(21(26)18-8-5-11-31-18)23(30-25-20)15-6-3-4-7-16(15)24-22(23)27/h3-12,19H,1-2H3,(H,24,27)/t19-,23-/m1/s1. The van der Waals surface area contributed by atoms with Crippen molar-refractivity contribution in [1.29, 1.82) is 0 Å². The number of fused-ring (bicyclic) bond motifs is 2. The largest absolute Gasteiger partial charge is 0.497 e. The van der Waals surface area contributed by atoms with Crippen LogP contribution in [0.1, 0.15) is 20.8 Å². The van der Waals surface area contributed by atoms with Gasteiger partial charge in [-0.05, 0) is 29.6 Å². The number of methoxy groups -OCH3 is 2. The molecule has 1 amide bonds. The van der Waals surface area contributed by atoms with Crippen LogP contribution in [0.5, 0.6) is 11.5 Å². The van der Waals surface area contributed by atoms with E-state index in [9.17, 15) is 9.59 Å². The number of para-hydroxylation sites is 1. The summed E-state index contributed by atoms with van der Waals surface area (Å²) in [6, 6.07) is 15.9. The number of carbonyl (C=O) groups excluding carboxylic acids is 2. The average molecular weight is 434 g/mol. The van der Waals surface area contributed by atoms with Crippen molar-refractivity contribution >= 4 is 34.4 Å². The number of carbonyl (C=O) groups is 2. The Hall–Kier alpha value is -3.65. The SMILES string of the molecule is COc1ccc(C2=NO[C@@]3(C(=O)Nc4ccccc43)[C@H]2C(=O)c2cccs2)c(OC)c1. The maximum absolute atomic E-state index is 13.7. The first-order valence-corrected chi connectivity index (χ1v) is 10.4. The minimum Gasteiger partial charge on any atom is -0.497 e. The van der Waals surface area contributed by atoms with E-state index >= 15 is 0 Å². The van der Waals surface area contributed by atoms with Crippen LogP contribution in [0.25, 0.3) is 0 Å². The fraction of sp³-hybridized carbons (Fsp3) is 0.174. The number of anilines is 1. The molecular weight excluding hydrogens is 416 g/mol. The first-order valence-electron chi connectivity index (χ1n) is 9.57. The van der Waals surface area contributed by atoms with Gasteiger partial charge in [0.05, 0.1) is 19.1 Å². The summed E-state index contributed by atoms with van der Waals surface area (Å²) in [4.78, 5) is 33.4. The van der Waals surface area contributed by atoms with Crippen molar-refractivity contribution in [3.63, 3.8) is 0 Å². The number of oxime groups is 1. The Labute approximate surface area is 182 Å². The van der Waals surface area contributed by atoms with E-state index in [0.29, 0.717) is 38.9 Å². The molecule has 156 valence electrons. The van der Waals surface area contributed by atoms with E-state index in [4.69, 9.17) is 14.3 Å². The molecule has 0 aliphatic carbocycles. The first-order chi connectivity index (χ1) is 15.1. The molecule has 0 saturated heterocycles. The molecule has 5 rings (SSSR count). The zero-order valence-corrected chi connectivity index (χ0v) is 17.6. The van der Waals surface area contributed by atoms with Crippen molar-refractivity contribution < 1.29 is 23.9 Å². The number of hydrogen-bond acceptors (Lipinski definition) is 7. The molecule has 2 aliphatic heterocycles. The Morgan fingerprint density at radius 3 is 2.71 bits per heavy atom. The molecule has 1 N–H and O–H groups in total. The Kier molecular flexibility index (Phi) is 4.51. The third-order valence-electron chi connectivity index (χ3n) is 5.59. The van der Waals surface area contributed by atoms with Gasteiger partial charge in [-0.2, -0.15) is 0 Å². The monoisotopic (exact) mass is 434 g/mol.